The van der Waals surface area contributed by atoms with Gasteiger partial charge in [-0.1, -0.05) is 18.2 Å². The predicted octanol–water partition coefficient (Wildman–Crippen LogP) is 3.20. The number of allylic oxidation sites excluding steroid dienone is 1. The summed E-state index contributed by atoms with van der Waals surface area (Å²) < 4.78 is 5.79. The Kier molecular flexibility index (Phi) is 5.06. The molecule has 25 heavy (non-hydrogen) atoms. The Hall–Kier alpha value is -1.99. The number of nitrogens with zero attached hydrogens (tertiary/aromatic N) is 3. The third-order valence-corrected chi connectivity index (χ3v) is 5.63. The number of aromatic nitrogens is 1. The van der Waals surface area contributed by atoms with Crippen LogP contribution in [0.1, 0.15) is 25.0 Å². The van der Waals surface area contributed by atoms with Crippen LogP contribution < -0.4 is 0 Å². The minimum atomic E-state index is -0.967. The topological polar surface area (TPSA) is 75.0 Å². The molecule has 0 spiro atoms. The van der Waals surface area contributed by atoms with Gasteiger partial charge in [-0.2, -0.15) is 0 Å². The molecule has 1 aromatic heterocycles. The molecule has 0 aliphatic heterocycles. The van der Waals surface area contributed by atoms with Crippen LogP contribution in [0.25, 0.3) is 5.57 Å². The molecule has 3 atom stereocenters. The van der Waals surface area contributed by atoms with Gasteiger partial charge < -0.3 is 14.7 Å². The number of thiazole rings is 1. The summed E-state index contributed by atoms with van der Waals surface area (Å²) in [4.78, 5) is 22.2. The van der Waals surface area contributed by atoms with E-state index in [2.05, 4.69) is 22.1 Å². The first-order valence-electron chi connectivity index (χ1n) is 8.29. The summed E-state index contributed by atoms with van der Waals surface area (Å²) in [6.45, 7) is 0. The molecule has 3 aliphatic rings. The van der Waals surface area contributed by atoms with Gasteiger partial charge in [-0.3, -0.25) is 0 Å². The molecule has 4 rings (SSSR count). The van der Waals surface area contributed by atoms with Crippen LogP contribution in [0, 0.1) is 11.8 Å². The average molecular weight is 361 g/mol. The van der Waals surface area contributed by atoms with Gasteiger partial charge in [-0.15, -0.1) is 11.3 Å². The molecular weight excluding hydrogens is 338 g/mol. The van der Waals surface area contributed by atoms with Gasteiger partial charge in [-0.05, 0) is 25.2 Å². The van der Waals surface area contributed by atoms with Crippen molar-refractivity contribution in [3.63, 3.8) is 0 Å². The number of ether oxygens (including phenoxy) is 1. The number of carboxylic acids is 1. The molecule has 1 heterocycles. The van der Waals surface area contributed by atoms with Crippen molar-refractivity contribution in [3.8, 4) is 0 Å². The SMILES string of the molecule is COC12C=CC(CC1)CC2/C=C(/C(=O)O)c1csc(/N=C\N(C)C)n1. The fourth-order valence-corrected chi connectivity index (χ4v) is 4.19. The molecule has 0 saturated heterocycles. The zero-order valence-corrected chi connectivity index (χ0v) is 15.5. The molecule has 0 aromatic carbocycles. The smallest absolute Gasteiger partial charge is 0.337 e. The van der Waals surface area contributed by atoms with Gasteiger partial charge in [0, 0.05) is 32.5 Å². The van der Waals surface area contributed by atoms with Gasteiger partial charge in [0.05, 0.1) is 23.2 Å². The van der Waals surface area contributed by atoms with Gasteiger partial charge >= 0.3 is 5.97 Å². The largest absolute Gasteiger partial charge is 0.478 e. The van der Waals surface area contributed by atoms with E-state index in [9.17, 15) is 9.90 Å². The summed E-state index contributed by atoms with van der Waals surface area (Å²) in [6.07, 6.45) is 10.7. The Morgan fingerprint density at radius 3 is 2.96 bits per heavy atom. The van der Waals surface area contributed by atoms with Gasteiger partial charge in [0.25, 0.3) is 0 Å². The molecule has 0 radical (unpaired) electrons. The molecule has 134 valence electrons. The number of fused-ring (bicyclic) bond motifs is 2. The molecule has 1 aromatic rings. The van der Waals surface area contributed by atoms with E-state index in [0.717, 1.165) is 19.3 Å². The lowest BCUT2D eigenvalue weighted by Gasteiger charge is -2.46. The third kappa shape index (κ3) is 3.67. The van der Waals surface area contributed by atoms with Crippen LogP contribution in [0.5, 0.6) is 0 Å². The molecule has 7 heteroatoms. The van der Waals surface area contributed by atoms with E-state index in [0.29, 0.717) is 16.7 Å². The van der Waals surface area contributed by atoms with Crippen molar-refractivity contribution in [2.45, 2.75) is 24.9 Å². The Bertz CT molecular complexity index is 738. The zero-order valence-electron chi connectivity index (χ0n) is 14.7. The second-order valence-corrected chi connectivity index (χ2v) is 7.60. The van der Waals surface area contributed by atoms with Gasteiger partial charge in [0.2, 0.25) is 5.13 Å². The van der Waals surface area contributed by atoms with Crippen molar-refractivity contribution in [2.75, 3.05) is 21.2 Å². The lowest BCUT2D eigenvalue weighted by atomic mass is 9.65. The maximum absolute atomic E-state index is 11.8. The first-order chi connectivity index (χ1) is 11.9. The second kappa shape index (κ2) is 7.09. The normalized spacial score (nSPS) is 28.7. The van der Waals surface area contributed by atoms with Gasteiger partial charge in [0.15, 0.2) is 0 Å². The van der Waals surface area contributed by atoms with Crippen LogP contribution in [0.2, 0.25) is 0 Å². The molecule has 0 amide bonds. The van der Waals surface area contributed by atoms with E-state index in [1.54, 1.807) is 18.8 Å². The van der Waals surface area contributed by atoms with Crippen LogP contribution in [0.4, 0.5) is 5.13 Å². The highest BCUT2D eigenvalue weighted by Gasteiger charge is 2.44. The Labute approximate surface area is 151 Å². The molecular formula is C18H23N3O3S. The van der Waals surface area contributed by atoms with Gasteiger partial charge in [0.1, 0.15) is 0 Å². The Morgan fingerprint density at radius 2 is 2.36 bits per heavy atom. The molecule has 1 fully saturated rings. The summed E-state index contributed by atoms with van der Waals surface area (Å²) in [6, 6.07) is 0. The minimum absolute atomic E-state index is 0.0442. The maximum Gasteiger partial charge on any atom is 0.337 e. The number of rotatable bonds is 6. The summed E-state index contributed by atoms with van der Waals surface area (Å²) in [7, 11) is 5.45. The molecule has 1 N–H and O–H groups in total. The number of hydrogen-bond acceptors (Lipinski definition) is 5. The highest BCUT2D eigenvalue weighted by Crippen LogP contribution is 2.47. The third-order valence-electron chi connectivity index (χ3n) is 4.89. The number of hydrogen-bond donors (Lipinski definition) is 1. The van der Waals surface area contributed by atoms with Crippen LogP contribution in [0.3, 0.4) is 0 Å². The number of methoxy groups -OCH3 is 1. The van der Waals surface area contributed by atoms with Crippen LogP contribution in [0.15, 0.2) is 28.6 Å². The van der Waals surface area contributed by atoms with Gasteiger partial charge in [-0.25, -0.2) is 14.8 Å². The lowest BCUT2D eigenvalue weighted by Crippen LogP contribution is -2.45. The number of carbonyl (C=O) groups is 1. The summed E-state index contributed by atoms with van der Waals surface area (Å²) in [5, 5.41) is 12.0. The van der Waals surface area contributed by atoms with E-state index in [1.807, 2.05) is 25.1 Å². The van der Waals surface area contributed by atoms with Crippen LogP contribution in [-0.2, 0) is 9.53 Å². The first kappa shape index (κ1) is 17.8. The molecule has 3 aliphatic carbocycles. The standard InChI is InChI=1S/C18H23N3O3S/c1-21(2)11-19-17-20-15(10-25-17)14(16(22)23)9-13-8-12-4-6-18(13,24-3)7-5-12/h4,6,9-13H,5,7-8H2,1-3H3,(H,22,23)/b14-9+,19-11-. The van der Waals surface area contributed by atoms with Crippen LogP contribution >= 0.6 is 11.3 Å². The zero-order chi connectivity index (χ0) is 18.0. The predicted molar refractivity (Wildman–Crippen MR) is 99.3 cm³/mol. The van der Waals surface area contributed by atoms with E-state index in [-0.39, 0.29) is 11.5 Å². The molecule has 1 saturated carbocycles. The molecule has 3 unspecified atom stereocenters. The average Bonchev–Trinajstić information content (AvgIpc) is 3.07. The summed E-state index contributed by atoms with van der Waals surface area (Å²) in [5.41, 5.74) is 0.294. The van der Waals surface area contributed by atoms with E-state index in [4.69, 9.17) is 4.74 Å². The number of aliphatic imine (C=N–C) groups is 1. The van der Waals surface area contributed by atoms with E-state index in [1.165, 1.54) is 11.3 Å². The molecule has 2 bridgehead atoms. The summed E-state index contributed by atoms with van der Waals surface area (Å²) in [5.74, 6) is -0.420. The minimum Gasteiger partial charge on any atom is -0.478 e. The second-order valence-electron chi connectivity index (χ2n) is 6.77. The summed E-state index contributed by atoms with van der Waals surface area (Å²) >= 11 is 1.33. The highest BCUT2D eigenvalue weighted by molar-refractivity contribution is 7.13. The van der Waals surface area contributed by atoms with E-state index < -0.39 is 11.6 Å². The Balaban J connectivity index is 1.90. The van der Waals surface area contributed by atoms with Crippen molar-refractivity contribution < 1.29 is 14.6 Å². The number of carboxylic acid groups (broad SMARTS) is 1. The number of aliphatic carboxylic acids is 1. The first-order valence-corrected chi connectivity index (χ1v) is 9.17. The van der Waals surface area contributed by atoms with Crippen molar-refractivity contribution in [2.24, 2.45) is 16.8 Å². The quantitative estimate of drug-likeness (QED) is 0.364. The monoisotopic (exact) mass is 361 g/mol. The maximum atomic E-state index is 11.8. The van der Waals surface area contributed by atoms with E-state index >= 15 is 0 Å². The molecule has 6 nitrogen and oxygen atoms in total. The van der Waals surface area contributed by atoms with Crippen LogP contribution in [-0.4, -0.2) is 54.1 Å². The fourth-order valence-electron chi connectivity index (χ4n) is 3.53. The van der Waals surface area contributed by atoms with Crippen molar-refractivity contribution in [3.05, 3.63) is 29.3 Å². The highest BCUT2D eigenvalue weighted by atomic mass is 32.1. The van der Waals surface area contributed by atoms with Crippen molar-refractivity contribution in [1.82, 2.24) is 9.88 Å². The fraction of sp³-hybridized carbons (Fsp3) is 0.500. The van der Waals surface area contributed by atoms with Crippen molar-refractivity contribution in [1.29, 1.82) is 0 Å². The lowest BCUT2D eigenvalue weighted by molar-refractivity contribution is -0.130. The van der Waals surface area contributed by atoms with Crippen molar-refractivity contribution >= 4 is 34.3 Å². The Morgan fingerprint density at radius 1 is 1.56 bits per heavy atom.